The third-order valence-corrected chi connectivity index (χ3v) is 8.35. The molecule has 2 atom stereocenters. The predicted molar refractivity (Wildman–Crippen MR) is 106 cm³/mol. The normalized spacial score (nSPS) is 25.1. The van der Waals surface area contributed by atoms with E-state index in [1.165, 1.54) is 0 Å². The Bertz CT molecular complexity index is 689. The minimum atomic E-state index is -3.00. The van der Waals surface area contributed by atoms with Gasteiger partial charge in [-0.15, -0.1) is 0 Å². The first-order valence-electron chi connectivity index (χ1n) is 9.65. The molecule has 2 heterocycles. The summed E-state index contributed by atoms with van der Waals surface area (Å²) in [4.78, 5) is 23.4. The molecule has 0 bridgehead atoms. The lowest BCUT2D eigenvalue weighted by atomic mass is 10.2. The zero-order valence-electron chi connectivity index (χ0n) is 15.9. The molecule has 10 nitrogen and oxygen atoms in total. The highest BCUT2D eigenvalue weighted by Gasteiger charge is 2.29. The van der Waals surface area contributed by atoms with Crippen molar-refractivity contribution in [3.8, 4) is 0 Å². The van der Waals surface area contributed by atoms with E-state index in [4.69, 9.17) is 0 Å². The topological polar surface area (TPSA) is 151 Å². The molecule has 162 valence electrons. The summed E-state index contributed by atoms with van der Waals surface area (Å²) in [6, 6.07) is -1.28. The first-order valence-corrected chi connectivity index (χ1v) is 13.3. The third-order valence-electron chi connectivity index (χ3n) is 4.81. The van der Waals surface area contributed by atoms with Crippen molar-refractivity contribution in [2.45, 2.75) is 50.6 Å². The molecule has 0 unspecified atom stereocenters. The smallest absolute Gasteiger partial charge is 0.315 e. The molecule has 2 fully saturated rings. The number of urea groups is 2. The van der Waals surface area contributed by atoms with Crippen LogP contribution < -0.4 is 21.3 Å². The maximum absolute atomic E-state index is 11.7. The van der Waals surface area contributed by atoms with Crippen LogP contribution in [0.2, 0.25) is 0 Å². The summed E-state index contributed by atoms with van der Waals surface area (Å²) in [5.74, 6) is 0.280. The van der Waals surface area contributed by atoms with Crippen molar-refractivity contribution in [2.24, 2.45) is 0 Å². The van der Waals surface area contributed by atoms with Crippen molar-refractivity contribution in [3.63, 3.8) is 0 Å². The summed E-state index contributed by atoms with van der Waals surface area (Å²) < 4.78 is 45.3. The molecule has 28 heavy (non-hydrogen) atoms. The second kappa shape index (κ2) is 10.3. The van der Waals surface area contributed by atoms with E-state index in [0.29, 0.717) is 25.9 Å². The molecule has 2 saturated heterocycles. The Balaban J connectivity index is 1.41. The molecule has 2 aliphatic rings. The maximum Gasteiger partial charge on any atom is 0.315 e. The number of carbonyl (C=O) groups excluding carboxylic acids is 2. The van der Waals surface area contributed by atoms with Gasteiger partial charge in [0.05, 0.1) is 23.0 Å². The van der Waals surface area contributed by atoms with Crippen LogP contribution in [0.5, 0.6) is 0 Å². The van der Waals surface area contributed by atoms with E-state index >= 15 is 0 Å². The number of nitrogens with one attached hydrogen (secondary N) is 4. The van der Waals surface area contributed by atoms with Crippen molar-refractivity contribution < 1.29 is 26.4 Å². The number of hydrogen-bond donors (Lipinski definition) is 4. The molecule has 0 saturated carbocycles. The van der Waals surface area contributed by atoms with Crippen molar-refractivity contribution in [2.75, 3.05) is 36.1 Å². The predicted octanol–water partition coefficient (Wildman–Crippen LogP) is -0.481. The van der Waals surface area contributed by atoms with Gasteiger partial charge in [0, 0.05) is 25.2 Å². The maximum atomic E-state index is 11.7. The molecular weight excluding hydrogens is 408 g/mol. The molecule has 2 aliphatic heterocycles. The first kappa shape index (κ1) is 22.7. The fraction of sp³-hybridized carbons (Fsp3) is 0.875. The lowest BCUT2D eigenvalue weighted by Gasteiger charge is -2.12. The summed E-state index contributed by atoms with van der Waals surface area (Å²) >= 11 is 0. The van der Waals surface area contributed by atoms with Gasteiger partial charge in [0.15, 0.2) is 19.7 Å². The highest BCUT2D eigenvalue weighted by Crippen LogP contribution is 2.11. The largest absolute Gasteiger partial charge is 0.338 e. The third kappa shape index (κ3) is 8.63. The van der Waals surface area contributed by atoms with Crippen LogP contribution in [0.15, 0.2) is 0 Å². The molecule has 12 heteroatoms. The zero-order valence-corrected chi connectivity index (χ0v) is 17.5. The monoisotopic (exact) mass is 438 g/mol. The lowest BCUT2D eigenvalue weighted by molar-refractivity contribution is 0.236. The molecule has 0 spiro atoms. The molecule has 2 rings (SSSR count). The van der Waals surface area contributed by atoms with E-state index < -0.39 is 19.7 Å². The fourth-order valence-corrected chi connectivity index (χ4v) is 6.64. The van der Waals surface area contributed by atoms with Gasteiger partial charge < -0.3 is 21.3 Å². The van der Waals surface area contributed by atoms with Crippen LogP contribution in [0.1, 0.15) is 38.5 Å². The van der Waals surface area contributed by atoms with E-state index in [1.54, 1.807) is 0 Å². The van der Waals surface area contributed by atoms with Gasteiger partial charge in [0.2, 0.25) is 0 Å². The van der Waals surface area contributed by atoms with Gasteiger partial charge in [-0.05, 0) is 25.7 Å². The van der Waals surface area contributed by atoms with Crippen LogP contribution in [0.3, 0.4) is 0 Å². The molecule has 0 aromatic carbocycles. The van der Waals surface area contributed by atoms with Gasteiger partial charge in [-0.3, -0.25) is 0 Å². The van der Waals surface area contributed by atoms with Crippen LogP contribution in [0, 0.1) is 0 Å². The van der Waals surface area contributed by atoms with Crippen LogP contribution in [0.4, 0.5) is 9.59 Å². The Morgan fingerprint density at radius 1 is 0.679 bits per heavy atom. The Hall–Kier alpha value is -1.56. The Morgan fingerprint density at radius 3 is 1.39 bits per heavy atom. The number of unbranched alkanes of at least 4 members (excludes halogenated alkanes) is 3. The molecule has 0 radical (unpaired) electrons. The fourth-order valence-electron chi connectivity index (χ4n) is 3.30. The van der Waals surface area contributed by atoms with Gasteiger partial charge in [-0.2, -0.15) is 0 Å². The molecule has 0 aliphatic carbocycles. The summed E-state index contributed by atoms with van der Waals surface area (Å²) in [7, 11) is -6.00. The van der Waals surface area contributed by atoms with E-state index in [0.717, 1.165) is 25.7 Å². The molecular formula is C16H30N4O6S2. The van der Waals surface area contributed by atoms with E-state index in [-0.39, 0.29) is 47.2 Å². The van der Waals surface area contributed by atoms with Crippen LogP contribution >= 0.6 is 0 Å². The minimum absolute atomic E-state index is 0.0115. The lowest BCUT2D eigenvalue weighted by Crippen LogP contribution is -2.43. The van der Waals surface area contributed by atoms with Crippen LogP contribution in [-0.4, -0.2) is 77.1 Å². The number of carbonyl (C=O) groups is 2. The van der Waals surface area contributed by atoms with Gasteiger partial charge in [0.1, 0.15) is 0 Å². The second-order valence-electron chi connectivity index (χ2n) is 7.41. The zero-order chi connectivity index (χ0) is 20.6. The summed E-state index contributed by atoms with van der Waals surface area (Å²) in [5, 5.41) is 10.8. The highest BCUT2D eigenvalue weighted by molar-refractivity contribution is 7.91. The van der Waals surface area contributed by atoms with E-state index in [9.17, 15) is 26.4 Å². The molecule has 4 N–H and O–H groups in total. The van der Waals surface area contributed by atoms with Gasteiger partial charge in [0.25, 0.3) is 0 Å². The average molecular weight is 439 g/mol. The SMILES string of the molecule is O=C(NCCCCCCNC(=O)N[C@H]1CCS(=O)(=O)C1)N[C@@H]1CCS(=O)(=O)C1. The standard InChI is InChI=1S/C16H30N4O6S2/c21-15(19-13-5-9-27(23,24)11-13)17-7-3-1-2-4-8-18-16(22)20-14-6-10-28(25,26)12-14/h13-14H,1-12H2,(H2,17,19,21)(H2,18,20,22)/t13-,14+. The first-order chi connectivity index (χ1) is 13.2. The van der Waals surface area contributed by atoms with Crippen molar-refractivity contribution >= 4 is 31.7 Å². The van der Waals surface area contributed by atoms with Gasteiger partial charge in [-0.25, -0.2) is 26.4 Å². The number of sulfone groups is 2. The van der Waals surface area contributed by atoms with Crippen molar-refractivity contribution in [3.05, 3.63) is 0 Å². The Labute approximate surface area is 166 Å². The van der Waals surface area contributed by atoms with E-state index in [2.05, 4.69) is 21.3 Å². The van der Waals surface area contributed by atoms with E-state index in [1.807, 2.05) is 0 Å². The quantitative estimate of drug-likeness (QED) is 0.357. The summed E-state index contributed by atoms with van der Waals surface area (Å²) in [6.07, 6.45) is 4.30. The van der Waals surface area contributed by atoms with Gasteiger partial charge in [-0.1, -0.05) is 12.8 Å². The summed E-state index contributed by atoms with van der Waals surface area (Å²) in [6.45, 7) is 1.02. The number of rotatable bonds is 9. The molecule has 4 amide bonds. The minimum Gasteiger partial charge on any atom is -0.338 e. The molecule has 0 aromatic rings. The van der Waals surface area contributed by atoms with Crippen molar-refractivity contribution in [1.29, 1.82) is 0 Å². The van der Waals surface area contributed by atoms with Crippen LogP contribution in [-0.2, 0) is 19.7 Å². The average Bonchev–Trinajstić information content (AvgIpc) is 3.10. The Morgan fingerprint density at radius 2 is 1.07 bits per heavy atom. The molecule has 0 aromatic heterocycles. The Kier molecular flexibility index (Phi) is 8.35. The number of amides is 4. The van der Waals surface area contributed by atoms with Crippen LogP contribution in [0.25, 0.3) is 0 Å². The van der Waals surface area contributed by atoms with Crippen molar-refractivity contribution in [1.82, 2.24) is 21.3 Å². The second-order valence-corrected chi connectivity index (χ2v) is 11.9. The highest BCUT2D eigenvalue weighted by atomic mass is 32.2. The number of hydrogen-bond acceptors (Lipinski definition) is 6. The summed E-state index contributed by atoms with van der Waals surface area (Å²) in [5.41, 5.74) is 0. The van der Waals surface area contributed by atoms with Gasteiger partial charge >= 0.3 is 12.1 Å².